The molecule has 6 heteroatoms. The molecule has 2 nitrogen and oxygen atoms in total. The van der Waals surface area contributed by atoms with Crippen LogP contribution in [0.1, 0.15) is 18.1 Å². The van der Waals surface area contributed by atoms with Crippen molar-refractivity contribution < 1.29 is 0 Å². The molecule has 3 aromatic rings. The fourth-order valence-electron chi connectivity index (χ4n) is 2.29. The van der Waals surface area contributed by atoms with Gasteiger partial charge in [-0.1, -0.05) is 46.9 Å². The van der Waals surface area contributed by atoms with Crippen LogP contribution >= 0.6 is 46.4 Å². The van der Waals surface area contributed by atoms with Crippen molar-refractivity contribution in [3.63, 3.8) is 0 Å². The van der Waals surface area contributed by atoms with Gasteiger partial charge >= 0.3 is 0 Å². The molecule has 0 aliphatic heterocycles. The molecule has 0 radical (unpaired) electrons. The Morgan fingerprint density at radius 2 is 1.52 bits per heavy atom. The lowest BCUT2D eigenvalue weighted by atomic mass is 10.2. The highest BCUT2D eigenvalue weighted by atomic mass is 35.5. The second-order valence-corrected chi connectivity index (χ2v) is 6.48. The van der Waals surface area contributed by atoms with E-state index in [4.69, 9.17) is 46.4 Å². The van der Waals surface area contributed by atoms with Gasteiger partial charge in [0.25, 0.3) is 0 Å². The number of para-hydroxylation sites is 2. The predicted molar refractivity (Wildman–Crippen MR) is 90.4 cm³/mol. The summed E-state index contributed by atoms with van der Waals surface area (Å²) in [6.07, 6.45) is 0. The van der Waals surface area contributed by atoms with Gasteiger partial charge < -0.3 is 0 Å². The molecule has 0 saturated heterocycles. The molecule has 1 aromatic heterocycles. The van der Waals surface area contributed by atoms with Crippen LogP contribution in [0.2, 0.25) is 15.1 Å². The number of halogens is 4. The Balaban J connectivity index is 2.46. The van der Waals surface area contributed by atoms with Gasteiger partial charge in [-0.15, -0.1) is 11.6 Å². The molecule has 0 spiro atoms. The third-order valence-corrected chi connectivity index (χ3v) is 4.29. The molecule has 1 heterocycles. The average Bonchev–Trinajstić information content (AvgIpc) is 2.80. The van der Waals surface area contributed by atoms with Gasteiger partial charge in [-0.2, -0.15) is 0 Å². The van der Waals surface area contributed by atoms with Gasteiger partial charge in [0.2, 0.25) is 0 Å². The molecule has 0 saturated carbocycles. The number of rotatable bonds is 2. The zero-order valence-electron chi connectivity index (χ0n) is 10.9. The highest BCUT2D eigenvalue weighted by Gasteiger charge is 2.21. The molecule has 3 rings (SSSR count). The Morgan fingerprint density at radius 1 is 0.952 bits per heavy atom. The minimum absolute atomic E-state index is 0.319. The molecule has 108 valence electrons. The van der Waals surface area contributed by atoms with Crippen LogP contribution < -0.4 is 0 Å². The summed E-state index contributed by atoms with van der Waals surface area (Å²) in [6, 6.07) is 10.9. The molecule has 2 aromatic carbocycles. The quantitative estimate of drug-likeness (QED) is 0.492. The van der Waals surface area contributed by atoms with Crippen molar-refractivity contribution in [3.8, 4) is 5.69 Å². The smallest absolute Gasteiger partial charge is 0.132 e. The van der Waals surface area contributed by atoms with Crippen LogP contribution in [0.15, 0.2) is 36.4 Å². The highest BCUT2D eigenvalue weighted by molar-refractivity contribution is 6.38. The van der Waals surface area contributed by atoms with Gasteiger partial charge in [-0.05, 0) is 31.2 Å². The topological polar surface area (TPSA) is 17.8 Å². The van der Waals surface area contributed by atoms with Crippen molar-refractivity contribution in [1.29, 1.82) is 0 Å². The van der Waals surface area contributed by atoms with E-state index in [1.807, 2.05) is 23.6 Å². The van der Waals surface area contributed by atoms with Crippen molar-refractivity contribution in [2.75, 3.05) is 0 Å². The number of nitrogens with zero attached hydrogens (tertiary/aromatic N) is 2. The average molecular weight is 360 g/mol. The van der Waals surface area contributed by atoms with Crippen molar-refractivity contribution in [2.24, 2.45) is 0 Å². The molecule has 0 aliphatic rings. The Kier molecular flexibility index (Phi) is 4.06. The van der Waals surface area contributed by atoms with Gasteiger partial charge in [-0.25, -0.2) is 4.98 Å². The van der Waals surface area contributed by atoms with Crippen molar-refractivity contribution >= 4 is 57.4 Å². The third kappa shape index (κ3) is 2.51. The van der Waals surface area contributed by atoms with Crippen LogP contribution in [0.4, 0.5) is 0 Å². The van der Waals surface area contributed by atoms with Crippen molar-refractivity contribution in [2.45, 2.75) is 12.3 Å². The van der Waals surface area contributed by atoms with E-state index in [0.717, 1.165) is 5.52 Å². The predicted octanol–water partition coefficient (Wildman–Crippen LogP) is 6.29. The first-order valence-corrected chi connectivity index (χ1v) is 7.83. The van der Waals surface area contributed by atoms with E-state index >= 15 is 0 Å². The van der Waals surface area contributed by atoms with E-state index in [0.29, 0.717) is 32.1 Å². The molecule has 0 fully saturated rings. The first kappa shape index (κ1) is 15.0. The Morgan fingerprint density at radius 3 is 2.14 bits per heavy atom. The molecular formula is C15H10Cl4N2. The van der Waals surface area contributed by atoms with E-state index in [2.05, 4.69) is 4.98 Å². The summed E-state index contributed by atoms with van der Waals surface area (Å²) in [5, 5.41) is 1.30. The van der Waals surface area contributed by atoms with E-state index in [9.17, 15) is 0 Å². The number of fused-ring (bicyclic) bond motifs is 1. The number of aromatic nitrogens is 2. The minimum atomic E-state index is -0.319. The van der Waals surface area contributed by atoms with Crippen LogP contribution in [0.5, 0.6) is 0 Å². The second kappa shape index (κ2) is 5.69. The van der Waals surface area contributed by atoms with Gasteiger partial charge in [0, 0.05) is 0 Å². The molecular weight excluding hydrogens is 350 g/mol. The van der Waals surface area contributed by atoms with Gasteiger partial charge in [0.1, 0.15) is 11.3 Å². The fraction of sp³-hybridized carbons (Fsp3) is 0.133. The van der Waals surface area contributed by atoms with Crippen LogP contribution in [-0.2, 0) is 0 Å². The van der Waals surface area contributed by atoms with Gasteiger partial charge in [0.05, 0.1) is 31.6 Å². The summed E-state index contributed by atoms with van der Waals surface area (Å²) in [7, 11) is 0. The SMILES string of the molecule is CC(Cl)c1nc2c(Cl)cccc2n1-c1c(Cl)cccc1Cl. The lowest BCUT2D eigenvalue weighted by molar-refractivity contribution is 0.883. The number of hydrogen-bond donors (Lipinski definition) is 0. The van der Waals surface area contributed by atoms with Crippen molar-refractivity contribution in [1.82, 2.24) is 9.55 Å². The van der Waals surface area contributed by atoms with E-state index < -0.39 is 0 Å². The summed E-state index contributed by atoms with van der Waals surface area (Å²) >= 11 is 25.2. The zero-order chi connectivity index (χ0) is 15.1. The fourth-order valence-corrected chi connectivity index (χ4v) is 3.21. The lowest BCUT2D eigenvalue weighted by Gasteiger charge is -2.13. The number of hydrogen-bond acceptors (Lipinski definition) is 1. The van der Waals surface area contributed by atoms with Crippen LogP contribution in [0.3, 0.4) is 0 Å². The molecule has 1 unspecified atom stereocenters. The molecule has 0 N–H and O–H groups in total. The Labute approximate surface area is 142 Å². The number of imidazole rings is 1. The number of alkyl halides is 1. The van der Waals surface area contributed by atoms with E-state index in [-0.39, 0.29) is 5.38 Å². The third-order valence-electron chi connectivity index (χ3n) is 3.18. The van der Waals surface area contributed by atoms with Crippen LogP contribution in [-0.4, -0.2) is 9.55 Å². The first-order chi connectivity index (χ1) is 10.0. The molecule has 0 amide bonds. The maximum absolute atomic E-state index is 6.33. The summed E-state index contributed by atoms with van der Waals surface area (Å²) < 4.78 is 1.86. The summed E-state index contributed by atoms with van der Waals surface area (Å²) in [6.45, 7) is 1.85. The maximum Gasteiger partial charge on any atom is 0.132 e. The summed E-state index contributed by atoms with van der Waals surface area (Å²) in [4.78, 5) is 4.55. The Hall–Kier alpha value is -0.930. The summed E-state index contributed by atoms with van der Waals surface area (Å²) in [5.41, 5.74) is 2.16. The monoisotopic (exact) mass is 358 g/mol. The zero-order valence-corrected chi connectivity index (χ0v) is 14.0. The van der Waals surface area contributed by atoms with Gasteiger partial charge in [0.15, 0.2) is 0 Å². The summed E-state index contributed by atoms with van der Waals surface area (Å²) in [5.74, 6) is 0.648. The van der Waals surface area contributed by atoms with Gasteiger partial charge in [-0.3, -0.25) is 4.57 Å². The molecule has 1 atom stereocenters. The largest absolute Gasteiger partial charge is 0.292 e. The molecule has 21 heavy (non-hydrogen) atoms. The van der Waals surface area contributed by atoms with Crippen molar-refractivity contribution in [3.05, 3.63) is 57.3 Å². The molecule has 0 bridgehead atoms. The van der Waals surface area contributed by atoms with E-state index in [1.165, 1.54) is 0 Å². The number of benzene rings is 2. The van der Waals surface area contributed by atoms with Crippen LogP contribution in [0, 0.1) is 0 Å². The van der Waals surface area contributed by atoms with E-state index in [1.54, 1.807) is 24.3 Å². The lowest BCUT2D eigenvalue weighted by Crippen LogP contribution is -2.03. The maximum atomic E-state index is 6.33. The molecule has 0 aliphatic carbocycles. The second-order valence-electron chi connectivity index (χ2n) is 4.60. The first-order valence-electron chi connectivity index (χ1n) is 6.26. The highest BCUT2D eigenvalue weighted by Crippen LogP contribution is 2.36. The van der Waals surface area contributed by atoms with Crippen LogP contribution in [0.25, 0.3) is 16.7 Å². The normalized spacial score (nSPS) is 12.8. The minimum Gasteiger partial charge on any atom is -0.292 e. The standard InChI is InChI=1S/C15H10Cl4N2/c1-8(16)15-20-13-9(17)4-3-7-12(13)21(15)14-10(18)5-2-6-11(14)19/h2-8H,1H3. The Bertz CT molecular complexity index is 804.